The molecule has 0 saturated carbocycles. The van der Waals surface area contributed by atoms with Crippen LogP contribution in [0.1, 0.15) is 15.9 Å². The number of nitrogens with zero attached hydrogens (tertiary/aromatic N) is 1. The quantitative estimate of drug-likeness (QED) is 0.610. The Labute approximate surface area is 111 Å². The summed E-state index contributed by atoms with van der Waals surface area (Å²) in [6.45, 7) is 0. The van der Waals surface area contributed by atoms with Crippen LogP contribution in [0.4, 0.5) is 13.2 Å². The molecule has 1 aromatic heterocycles. The van der Waals surface area contributed by atoms with Gasteiger partial charge in [-0.25, -0.2) is 4.98 Å². The van der Waals surface area contributed by atoms with Crippen molar-refractivity contribution in [3.05, 3.63) is 52.8 Å². The molecule has 1 aromatic carbocycles. The lowest BCUT2D eigenvalue weighted by molar-refractivity contribution is -0.137. The van der Waals surface area contributed by atoms with Crippen LogP contribution in [-0.4, -0.2) is 11.3 Å². The van der Waals surface area contributed by atoms with E-state index in [1.807, 2.05) is 0 Å². The van der Waals surface area contributed by atoms with Crippen molar-refractivity contribution >= 4 is 17.9 Å². The summed E-state index contributed by atoms with van der Waals surface area (Å²) in [6, 6.07) is 6.00. The van der Waals surface area contributed by atoms with Crippen LogP contribution in [0.2, 0.25) is 5.15 Å². The first-order valence-corrected chi connectivity index (χ1v) is 5.58. The third-order valence-corrected chi connectivity index (χ3v) is 2.74. The van der Waals surface area contributed by atoms with Crippen LogP contribution in [0.3, 0.4) is 0 Å². The molecule has 0 N–H and O–H groups in total. The Kier molecular flexibility index (Phi) is 3.57. The molecule has 0 aliphatic carbocycles. The van der Waals surface area contributed by atoms with Gasteiger partial charge in [0.05, 0.1) is 5.56 Å². The molecule has 0 amide bonds. The normalized spacial score (nSPS) is 11.4. The lowest BCUT2D eigenvalue weighted by Crippen LogP contribution is -2.04. The van der Waals surface area contributed by atoms with Crippen molar-refractivity contribution in [1.29, 1.82) is 0 Å². The molecule has 0 aliphatic heterocycles. The lowest BCUT2D eigenvalue weighted by Gasteiger charge is -2.10. The number of rotatable bonds is 2. The third kappa shape index (κ3) is 2.93. The fraction of sp³-hybridized carbons (Fsp3) is 0.0769. The summed E-state index contributed by atoms with van der Waals surface area (Å²) in [5.41, 5.74) is -0.0114. The van der Waals surface area contributed by atoms with Crippen LogP contribution in [-0.2, 0) is 6.18 Å². The molecule has 2 rings (SSSR count). The van der Waals surface area contributed by atoms with Gasteiger partial charge in [0.1, 0.15) is 5.15 Å². The van der Waals surface area contributed by atoms with Crippen molar-refractivity contribution in [1.82, 2.24) is 4.98 Å². The number of carbonyl (C=O) groups excluding carboxylic acids is 1. The molecule has 19 heavy (non-hydrogen) atoms. The van der Waals surface area contributed by atoms with E-state index in [4.69, 9.17) is 11.6 Å². The van der Waals surface area contributed by atoms with E-state index in [0.29, 0.717) is 11.8 Å². The maximum absolute atomic E-state index is 12.6. The number of halogens is 4. The molecule has 0 atom stereocenters. The van der Waals surface area contributed by atoms with E-state index in [1.165, 1.54) is 24.4 Å². The van der Waals surface area contributed by atoms with Gasteiger partial charge in [-0.2, -0.15) is 13.2 Å². The summed E-state index contributed by atoms with van der Waals surface area (Å²) in [5.74, 6) is 0. The minimum atomic E-state index is -4.43. The number of benzene rings is 1. The second kappa shape index (κ2) is 5.01. The van der Waals surface area contributed by atoms with Gasteiger partial charge in [-0.15, -0.1) is 0 Å². The van der Waals surface area contributed by atoms with Crippen LogP contribution < -0.4 is 0 Å². The zero-order valence-electron chi connectivity index (χ0n) is 9.41. The van der Waals surface area contributed by atoms with Crippen LogP contribution in [0.25, 0.3) is 11.1 Å². The maximum atomic E-state index is 12.6. The highest BCUT2D eigenvalue weighted by atomic mass is 35.5. The summed E-state index contributed by atoms with van der Waals surface area (Å²) in [7, 11) is 0. The van der Waals surface area contributed by atoms with Crippen LogP contribution in [0, 0.1) is 0 Å². The zero-order valence-corrected chi connectivity index (χ0v) is 10.2. The average molecular weight is 286 g/mol. The third-order valence-electron chi connectivity index (χ3n) is 2.53. The molecule has 0 bridgehead atoms. The highest BCUT2D eigenvalue weighted by Crippen LogP contribution is 2.33. The number of aldehydes is 1. The van der Waals surface area contributed by atoms with Gasteiger partial charge < -0.3 is 0 Å². The molecule has 6 heteroatoms. The number of aromatic nitrogens is 1. The van der Waals surface area contributed by atoms with Crippen molar-refractivity contribution in [3.8, 4) is 11.1 Å². The van der Waals surface area contributed by atoms with E-state index >= 15 is 0 Å². The molecule has 0 spiro atoms. The maximum Gasteiger partial charge on any atom is 0.416 e. The molecular weight excluding hydrogens is 279 g/mol. The Hall–Kier alpha value is -1.88. The highest BCUT2D eigenvalue weighted by molar-refractivity contribution is 6.29. The topological polar surface area (TPSA) is 30.0 Å². The fourth-order valence-corrected chi connectivity index (χ4v) is 1.81. The van der Waals surface area contributed by atoms with E-state index in [9.17, 15) is 18.0 Å². The first kappa shape index (κ1) is 13.5. The first-order valence-electron chi connectivity index (χ1n) is 5.20. The standard InChI is InChI=1S/C13H7ClF3NO/c14-12-5-9(7-19)11(6-18-12)8-2-1-3-10(4-8)13(15,16)17/h1-7H. The summed E-state index contributed by atoms with van der Waals surface area (Å²) in [4.78, 5) is 14.7. The monoisotopic (exact) mass is 285 g/mol. The number of hydrogen-bond acceptors (Lipinski definition) is 2. The molecular formula is C13H7ClF3NO. The van der Waals surface area contributed by atoms with Crippen molar-refractivity contribution in [2.24, 2.45) is 0 Å². The molecule has 1 heterocycles. The Morgan fingerprint density at radius 2 is 1.95 bits per heavy atom. The van der Waals surface area contributed by atoms with E-state index in [2.05, 4.69) is 4.98 Å². The van der Waals surface area contributed by atoms with Gasteiger partial charge in [-0.1, -0.05) is 23.7 Å². The molecule has 0 fully saturated rings. The Morgan fingerprint density at radius 1 is 1.21 bits per heavy atom. The van der Waals surface area contributed by atoms with Gasteiger partial charge >= 0.3 is 6.18 Å². The van der Waals surface area contributed by atoms with Gasteiger partial charge in [-0.05, 0) is 23.8 Å². The number of alkyl halides is 3. The van der Waals surface area contributed by atoms with Gasteiger partial charge in [0, 0.05) is 17.3 Å². The van der Waals surface area contributed by atoms with E-state index in [1.54, 1.807) is 0 Å². The van der Waals surface area contributed by atoms with Crippen molar-refractivity contribution in [2.45, 2.75) is 6.18 Å². The Morgan fingerprint density at radius 3 is 2.58 bits per heavy atom. The minimum absolute atomic E-state index is 0.109. The predicted octanol–water partition coefficient (Wildman–Crippen LogP) is 4.23. The molecule has 2 aromatic rings. The van der Waals surface area contributed by atoms with E-state index < -0.39 is 11.7 Å². The number of pyridine rings is 1. The Bertz CT molecular complexity index is 626. The molecule has 0 unspecified atom stereocenters. The first-order chi connectivity index (χ1) is 8.91. The van der Waals surface area contributed by atoms with Gasteiger partial charge in [0.25, 0.3) is 0 Å². The van der Waals surface area contributed by atoms with E-state index in [0.717, 1.165) is 12.1 Å². The smallest absolute Gasteiger partial charge is 0.298 e. The van der Waals surface area contributed by atoms with Crippen molar-refractivity contribution < 1.29 is 18.0 Å². The van der Waals surface area contributed by atoms with Gasteiger partial charge in [0.15, 0.2) is 6.29 Å². The predicted molar refractivity (Wildman–Crippen MR) is 65.1 cm³/mol. The number of carbonyl (C=O) groups is 1. The van der Waals surface area contributed by atoms with Crippen LogP contribution in [0.5, 0.6) is 0 Å². The van der Waals surface area contributed by atoms with Crippen LogP contribution >= 0.6 is 11.6 Å². The number of hydrogen-bond donors (Lipinski definition) is 0. The fourth-order valence-electron chi connectivity index (χ4n) is 1.65. The Balaban J connectivity index is 2.56. The lowest BCUT2D eigenvalue weighted by atomic mass is 10.0. The molecule has 0 saturated heterocycles. The van der Waals surface area contributed by atoms with Gasteiger partial charge in [0.2, 0.25) is 0 Å². The van der Waals surface area contributed by atoms with Gasteiger partial charge in [-0.3, -0.25) is 4.79 Å². The van der Waals surface area contributed by atoms with Crippen molar-refractivity contribution in [3.63, 3.8) is 0 Å². The SMILES string of the molecule is O=Cc1cc(Cl)ncc1-c1cccc(C(F)(F)F)c1. The largest absolute Gasteiger partial charge is 0.416 e. The summed E-state index contributed by atoms with van der Waals surface area (Å²) < 4.78 is 37.9. The summed E-state index contributed by atoms with van der Waals surface area (Å²) >= 11 is 5.64. The van der Waals surface area contributed by atoms with Crippen LogP contribution in [0.15, 0.2) is 36.5 Å². The molecule has 0 radical (unpaired) electrons. The van der Waals surface area contributed by atoms with Crippen molar-refractivity contribution in [2.75, 3.05) is 0 Å². The minimum Gasteiger partial charge on any atom is -0.298 e. The average Bonchev–Trinajstić information content (AvgIpc) is 2.37. The van der Waals surface area contributed by atoms with E-state index in [-0.39, 0.29) is 16.3 Å². The second-order valence-corrected chi connectivity index (χ2v) is 4.18. The highest BCUT2D eigenvalue weighted by Gasteiger charge is 2.30. The summed E-state index contributed by atoms with van der Waals surface area (Å²) in [6.07, 6.45) is -2.62. The zero-order chi connectivity index (χ0) is 14.0. The summed E-state index contributed by atoms with van der Waals surface area (Å²) in [5, 5.41) is 0.109. The molecule has 2 nitrogen and oxygen atoms in total. The second-order valence-electron chi connectivity index (χ2n) is 3.79. The molecule has 0 aliphatic rings. The molecule has 98 valence electrons.